The second-order valence-corrected chi connectivity index (χ2v) is 6.65. The summed E-state index contributed by atoms with van der Waals surface area (Å²) in [6, 6.07) is 1.51. The Morgan fingerprint density at radius 3 is 2.78 bits per heavy atom. The lowest BCUT2D eigenvalue weighted by atomic mass is 10.1. The molecule has 1 atom stereocenters. The number of hydrogen-bond donors (Lipinski definition) is 2. The molecule has 0 saturated heterocycles. The van der Waals surface area contributed by atoms with Crippen LogP contribution < -0.4 is 10.9 Å². The largest absolute Gasteiger partial charge is 0.444 e. The van der Waals surface area contributed by atoms with Crippen molar-refractivity contribution in [2.75, 3.05) is 0 Å². The highest BCUT2D eigenvalue weighted by molar-refractivity contribution is 5.68. The zero-order chi connectivity index (χ0) is 17.2. The zero-order valence-electron chi connectivity index (χ0n) is 14.3. The van der Waals surface area contributed by atoms with Gasteiger partial charge < -0.3 is 15.0 Å². The molecular formula is C16H24N4O3. The summed E-state index contributed by atoms with van der Waals surface area (Å²) in [5.41, 5.74) is 1.18. The van der Waals surface area contributed by atoms with Gasteiger partial charge in [-0.1, -0.05) is 13.3 Å². The van der Waals surface area contributed by atoms with Crippen LogP contribution in [-0.2, 0) is 4.74 Å². The quantitative estimate of drug-likeness (QED) is 0.906. The molecule has 7 nitrogen and oxygen atoms in total. The molecule has 0 aromatic carbocycles. The molecule has 0 fully saturated rings. The first-order chi connectivity index (χ1) is 10.7. The van der Waals surface area contributed by atoms with Crippen LogP contribution in [0.1, 0.15) is 57.8 Å². The van der Waals surface area contributed by atoms with Crippen LogP contribution in [0, 0.1) is 6.92 Å². The summed E-state index contributed by atoms with van der Waals surface area (Å²) in [5, 5.41) is 7.31. The lowest BCUT2D eigenvalue weighted by Crippen LogP contribution is -2.35. The van der Waals surface area contributed by atoms with E-state index in [2.05, 4.69) is 15.4 Å². The van der Waals surface area contributed by atoms with Gasteiger partial charge in [0.15, 0.2) is 0 Å². The van der Waals surface area contributed by atoms with Gasteiger partial charge in [-0.05, 0) is 34.1 Å². The summed E-state index contributed by atoms with van der Waals surface area (Å²) in [4.78, 5) is 26.5. The van der Waals surface area contributed by atoms with Crippen LogP contribution in [0.25, 0.3) is 5.65 Å². The molecule has 0 radical (unpaired) electrons. The second-order valence-electron chi connectivity index (χ2n) is 6.65. The van der Waals surface area contributed by atoms with Crippen LogP contribution in [0.2, 0.25) is 0 Å². The summed E-state index contributed by atoms with van der Waals surface area (Å²) >= 11 is 0. The first kappa shape index (κ1) is 17.1. The number of amides is 1. The van der Waals surface area contributed by atoms with Crippen LogP contribution in [-0.4, -0.2) is 26.3 Å². The highest BCUT2D eigenvalue weighted by atomic mass is 16.6. The van der Waals surface area contributed by atoms with Crippen molar-refractivity contribution in [1.82, 2.24) is 19.9 Å². The number of aromatic amines is 1. The summed E-state index contributed by atoms with van der Waals surface area (Å²) in [5.74, 6) is 0. The summed E-state index contributed by atoms with van der Waals surface area (Å²) in [6.07, 6.45) is 2.81. The summed E-state index contributed by atoms with van der Waals surface area (Å²) < 4.78 is 6.92. The SMILES string of the molecule is CCC[C@H](NC(=O)OC(C)(C)C)c1cc2[nH]c(=O)c(C)cn2n1. The van der Waals surface area contributed by atoms with Crippen LogP contribution in [0.15, 0.2) is 17.1 Å². The van der Waals surface area contributed by atoms with E-state index in [-0.39, 0.29) is 11.6 Å². The van der Waals surface area contributed by atoms with E-state index < -0.39 is 11.7 Å². The number of alkyl carbamates (subject to hydrolysis) is 1. The molecule has 2 rings (SSSR count). The second kappa shape index (κ2) is 6.44. The van der Waals surface area contributed by atoms with E-state index in [0.717, 1.165) is 12.8 Å². The Balaban J connectivity index is 2.27. The van der Waals surface area contributed by atoms with E-state index in [1.54, 1.807) is 23.7 Å². The molecule has 0 saturated carbocycles. The van der Waals surface area contributed by atoms with Crippen LogP contribution >= 0.6 is 0 Å². The molecule has 0 unspecified atom stereocenters. The average Bonchev–Trinajstić information content (AvgIpc) is 2.79. The zero-order valence-corrected chi connectivity index (χ0v) is 14.3. The molecule has 2 N–H and O–H groups in total. The van der Waals surface area contributed by atoms with E-state index in [1.165, 1.54) is 0 Å². The van der Waals surface area contributed by atoms with Gasteiger partial charge in [0, 0.05) is 17.8 Å². The minimum absolute atomic E-state index is 0.143. The van der Waals surface area contributed by atoms with Crippen molar-refractivity contribution < 1.29 is 9.53 Å². The molecule has 0 spiro atoms. The number of ether oxygens (including phenoxy) is 1. The van der Waals surface area contributed by atoms with Gasteiger partial charge in [-0.15, -0.1) is 0 Å². The summed E-state index contributed by atoms with van der Waals surface area (Å²) in [6.45, 7) is 9.22. The van der Waals surface area contributed by atoms with Crippen molar-refractivity contribution in [2.24, 2.45) is 0 Å². The van der Waals surface area contributed by atoms with Crippen molar-refractivity contribution in [3.63, 3.8) is 0 Å². The van der Waals surface area contributed by atoms with E-state index in [0.29, 0.717) is 16.9 Å². The molecule has 0 aliphatic carbocycles. The van der Waals surface area contributed by atoms with E-state index in [4.69, 9.17) is 4.74 Å². The van der Waals surface area contributed by atoms with Crippen LogP contribution in [0.3, 0.4) is 0 Å². The monoisotopic (exact) mass is 320 g/mol. The Kier molecular flexibility index (Phi) is 4.77. The average molecular weight is 320 g/mol. The molecule has 126 valence electrons. The topological polar surface area (TPSA) is 88.5 Å². The lowest BCUT2D eigenvalue weighted by Gasteiger charge is -2.22. The Hall–Kier alpha value is -2.31. The van der Waals surface area contributed by atoms with Crippen molar-refractivity contribution in [3.05, 3.63) is 33.9 Å². The molecule has 7 heteroatoms. The fourth-order valence-corrected chi connectivity index (χ4v) is 2.26. The maximum Gasteiger partial charge on any atom is 0.408 e. The van der Waals surface area contributed by atoms with Gasteiger partial charge in [-0.3, -0.25) is 4.79 Å². The highest BCUT2D eigenvalue weighted by Crippen LogP contribution is 2.19. The van der Waals surface area contributed by atoms with Gasteiger partial charge in [0.2, 0.25) is 0 Å². The van der Waals surface area contributed by atoms with Crippen molar-refractivity contribution in [1.29, 1.82) is 0 Å². The molecular weight excluding hydrogens is 296 g/mol. The Labute approximate surface area is 135 Å². The normalized spacial score (nSPS) is 13.1. The van der Waals surface area contributed by atoms with Gasteiger partial charge in [0.25, 0.3) is 5.56 Å². The maximum atomic E-state index is 12.0. The predicted molar refractivity (Wildman–Crippen MR) is 87.6 cm³/mol. The van der Waals surface area contributed by atoms with Gasteiger partial charge in [-0.25, -0.2) is 9.31 Å². The fraction of sp³-hybridized carbons (Fsp3) is 0.562. The Bertz CT molecular complexity index is 755. The number of nitrogens with one attached hydrogen (secondary N) is 2. The summed E-state index contributed by atoms with van der Waals surface area (Å²) in [7, 11) is 0. The molecule has 2 aromatic heterocycles. The van der Waals surface area contributed by atoms with Crippen LogP contribution in [0.4, 0.5) is 4.79 Å². The van der Waals surface area contributed by atoms with Crippen molar-refractivity contribution >= 4 is 11.7 Å². The number of aryl methyl sites for hydroxylation is 1. The molecule has 0 aliphatic heterocycles. The third-order valence-electron chi connectivity index (χ3n) is 3.30. The standard InChI is InChI=1S/C16H24N4O3/c1-6-7-11(17-15(22)23-16(3,4)5)12-8-13-18-14(21)10(2)9-20(13)19-12/h8-9,11H,6-7H2,1-5H3,(H,17,22)(H,18,21)/t11-/m0/s1. The Morgan fingerprint density at radius 2 is 2.17 bits per heavy atom. The number of nitrogens with zero attached hydrogens (tertiary/aromatic N) is 2. The number of fused-ring (bicyclic) bond motifs is 1. The van der Waals surface area contributed by atoms with Gasteiger partial charge in [-0.2, -0.15) is 5.10 Å². The van der Waals surface area contributed by atoms with Gasteiger partial charge >= 0.3 is 6.09 Å². The molecule has 23 heavy (non-hydrogen) atoms. The fourth-order valence-electron chi connectivity index (χ4n) is 2.26. The first-order valence-electron chi connectivity index (χ1n) is 7.78. The van der Waals surface area contributed by atoms with E-state index >= 15 is 0 Å². The maximum absolute atomic E-state index is 12.0. The number of hydrogen-bond acceptors (Lipinski definition) is 4. The third kappa shape index (κ3) is 4.34. The van der Waals surface area contributed by atoms with E-state index in [9.17, 15) is 9.59 Å². The lowest BCUT2D eigenvalue weighted by molar-refractivity contribution is 0.0499. The minimum Gasteiger partial charge on any atom is -0.444 e. The molecule has 0 aliphatic rings. The highest BCUT2D eigenvalue weighted by Gasteiger charge is 2.22. The number of H-pyrrole nitrogens is 1. The minimum atomic E-state index is -0.553. The number of rotatable bonds is 4. The smallest absolute Gasteiger partial charge is 0.408 e. The molecule has 1 amide bonds. The van der Waals surface area contributed by atoms with Crippen molar-refractivity contribution in [3.8, 4) is 0 Å². The number of carbonyl (C=O) groups excluding carboxylic acids is 1. The first-order valence-corrected chi connectivity index (χ1v) is 7.78. The Morgan fingerprint density at radius 1 is 1.48 bits per heavy atom. The van der Waals surface area contributed by atoms with Crippen molar-refractivity contribution in [2.45, 2.75) is 59.1 Å². The molecule has 2 heterocycles. The van der Waals surface area contributed by atoms with E-state index in [1.807, 2.05) is 27.7 Å². The predicted octanol–water partition coefficient (Wildman–Crippen LogP) is 2.70. The van der Waals surface area contributed by atoms with Crippen LogP contribution in [0.5, 0.6) is 0 Å². The third-order valence-corrected chi connectivity index (χ3v) is 3.30. The molecule has 0 bridgehead atoms. The van der Waals surface area contributed by atoms with Gasteiger partial charge in [0.05, 0.1) is 11.7 Å². The number of carbonyl (C=O) groups is 1. The molecule has 2 aromatic rings. The van der Waals surface area contributed by atoms with Gasteiger partial charge in [0.1, 0.15) is 11.2 Å². The number of aromatic nitrogens is 3.